The molecule has 1 saturated carbocycles. The molecule has 1 aromatic heterocycles. The summed E-state index contributed by atoms with van der Waals surface area (Å²) in [6.07, 6.45) is 7.76. The molecule has 0 atom stereocenters. The zero-order chi connectivity index (χ0) is 13.8. The van der Waals surface area contributed by atoms with Gasteiger partial charge >= 0.3 is 0 Å². The molecule has 106 valence electrons. The zero-order valence-corrected chi connectivity index (χ0v) is 12.0. The molecule has 0 aliphatic heterocycles. The largest absolute Gasteiger partial charge is 0.397 e. The minimum atomic E-state index is 0.0125. The number of anilines is 1. The van der Waals surface area contributed by atoms with E-state index >= 15 is 0 Å². The molecule has 1 fully saturated rings. The number of nitrogens with one attached hydrogen (secondary N) is 1. The van der Waals surface area contributed by atoms with Gasteiger partial charge < -0.3 is 15.6 Å². The maximum atomic E-state index is 12.3. The summed E-state index contributed by atoms with van der Waals surface area (Å²) in [5, 5.41) is 3.15. The summed E-state index contributed by atoms with van der Waals surface area (Å²) < 4.78 is 1.91. The van der Waals surface area contributed by atoms with Crippen LogP contribution in [0.15, 0.2) is 12.3 Å². The van der Waals surface area contributed by atoms with Gasteiger partial charge in [-0.05, 0) is 44.6 Å². The van der Waals surface area contributed by atoms with Crippen molar-refractivity contribution in [2.45, 2.75) is 58.5 Å². The molecule has 2 rings (SSSR count). The van der Waals surface area contributed by atoms with E-state index in [0.717, 1.165) is 25.3 Å². The molecule has 1 aliphatic carbocycles. The van der Waals surface area contributed by atoms with E-state index in [4.69, 9.17) is 5.73 Å². The highest BCUT2D eigenvalue weighted by atomic mass is 16.2. The number of nitrogens with two attached hydrogens (primary N) is 1. The smallest absolute Gasteiger partial charge is 0.268 e. The summed E-state index contributed by atoms with van der Waals surface area (Å²) in [6, 6.07) is 2.09. The van der Waals surface area contributed by atoms with Crippen molar-refractivity contribution in [3.05, 3.63) is 18.0 Å². The van der Waals surface area contributed by atoms with E-state index in [1.807, 2.05) is 17.7 Å². The van der Waals surface area contributed by atoms with Gasteiger partial charge in [0.2, 0.25) is 0 Å². The van der Waals surface area contributed by atoms with Crippen LogP contribution in [0, 0.1) is 5.92 Å². The Morgan fingerprint density at radius 3 is 2.63 bits per heavy atom. The minimum absolute atomic E-state index is 0.0125. The Kier molecular flexibility index (Phi) is 4.51. The first-order valence-corrected chi connectivity index (χ1v) is 7.40. The second-order valence-corrected chi connectivity index (χ2v) is 5.54. The van der Waals surface area contributed by atoms with E-state index in [0.29, 0.717) is 17.4 Å². The van der Waals surface area contributed by atoms with Crippen LogP contribution in [-0.4, -0.2) is 16.5 Å². The highest BCUT2D eigenvalue weighted by molar-refractivity contribution is 5.94. The fourth-order valence-corrected chi connectivity index (χ4v) is 2.96. The van der Waals surface area contributed by atoms with E-state index in [2.05, 4.69) is 12.2 Å². The third-order valence-electron chi connectivity index (χ3n) is 4.25. The molecule has 1 aliphatic rings. The summed E-state index contributed by atoms with van der Waals surface area (Å²) in [7, 11) is 0. The highest BCUT2D eigenvalue weighted by Gasteiger charge is 2.22. The second kappa shape index (κ2) is 6.13. The summed E-state index contributed by atoms with van der Waals surface area (Å²) in [5.74, 6) is 0.863. The average Bonchev–Trinajstić information content (AvgIpc) is 2.81. The van der Waals surface area contributed by atoms with Crippen molar-refractivity contribution < 1.29 is 4.79 Å². The van der Waals surface area contributed by atoms with Gasteiger partial charge in [-0.2, -0.15) is 0 Å². The Hall–Kier alpha value is -1.45. The van der Waals surface area contributed by atoms with Crippen LogP contribution < -0.4 is 11.1 Å². The van der Waals surface area contributed by atoms with Gasteiger partial charge in [-0.25, -0.2) is 0 Å². The van der Waals surface area contributed by atoms with Crippen LogP contribution in [0.5, 0.6) is 0 Å². The average molecular weight is 263 g/mol. The van der Waals surface area contributed by atoms with Gasteiger partial charge in [0.25, 0.3) is 5.91 Å². The fourth-order valence-electron chi connectivity index (χ4n) is 2.96. The predicted octanol–water partition coefficient (Wildman–Crippen LogP) is 2.79. The van der Waals surface area contributed by atoms with Crippen LogP contribution >= 0.6 is 0 Å². The van der Waals surface area contributed by atoms with Gasteiger partial charge in [-0.15, -0.1) is 0 Å². The van der Waals surface area contributed by atoms with E-state index in [9.17, 15) is 4.79 Å². The topological polar surface area (TPSA) is 60.1 Å². The molecule has 4 heteroatoms. The van der Waals surface area contributed by atoms with Gasteiger partial charge in [-0.3, -0.25) is 4.79 Å². The van der Waals surface area contributed by atoms with Gasteiger partial charge in [0.15, 0.2) is 0 Å². The number of carbonyl (C=O) groups excluding carboxylic acids is 1. The van der Waals surface area contributed by atoms with E-state index < -0.39 is 0 Å². The van der Waals surface area contributed by atoms with Crippen LogP contribution in [0.2, 0.25) is 0 Å². The molecule has 1 heterocycles. The highest BCUT2D eigenvalue weighted by Crippen LogP contribution is 2.26. The maximum absolute atomic E-state index is 12.3. The number of hydrogen-bond donors (Lipinski definition) is 2. The van der Waals surface area contributed by atoms with Crippen molar-refractivity contribution in [2.24, 2.45) is 5.92 Å². The molecule has 1 amide bonds. The number of nitrogen functional groups attached to an aromatic ring is 1. The molecular weight excluding hydrogens is 238 g/mol. The lowest BCUT2D eigenvalue weighted by molar-refractivity contribution is 0.0912. The van der Waals surface area contributed by atoms with Crippen LogP contribution in [0.1, 0.15) is 56.4 Å². The molecule has 1 aromatic rings. The number of amides is 1. The Morgan fingerprint density at radius 1 is 1.37 bits per heavy atom. The van der Waals surface area contributed by atoms with Crippen LogP contribution in [0.4, 0.5) is 5.69 Å². The summed E-state index contributed by atoms with van der Waals surface area (Å²) in [4.78, 5) is 12.3. The van der Waals surface area contributed by atoms with Crippen molar-refractivity contribution in [1.82, 2.24) is 9.88 Å². The number of aryl methyl sites for hydroxylation is 1. The Balaban J connectivity index is 1.94. The van der Waals surface area contributed by atoms with Crippen LogP contribution in [-0.2, 0) is 6.54 Å². The molecule has 0 radical (unpaired) electrons. The molecule has 0 saturated heterocycles. The van der Waals surface area contributed by atoms with Crippen molar-refractivity contribution in [2.75, 3.05) is 5.73 Å². The third kappa shape index (κ3) is 3.31. The molecule has 3 N–H and O–H groups in total. The summed E-state index contributed by atoms with van der Waals surface area (Å²) in [5.41, 5.74) is 7.09. The molecule has 0 spiro atoms. The van der Waals surface area contributed by atoms with Crippen molar-refractivity contribution in [3.63, 3.8) is 0 Å². The maximum Gasteiger partial charge on any atom is 0.268 e. The van der Waals surface area contributed by atoms with Crippen molar-refractivity contribution in [1.29, 1.82) is 0 Å². The lowest BCUT2D eigenvalue weighted by Gasteiger charge is -2.28. The number of aromatic nitrogens is 1. The third-order valence-corrected chi connectivity index (χ3v) is 4.25. The van der Waals surface area contributed by atoms with E-state index in [-0.39, 0.29) is 5.91 Å². The molecule has 19 heavy (non-hydrogen) atoms. The number of nitrogens with zero attached hydrogens (tertiary/aromatic N) is 1. The quantitative estimate of drug-likeness (QED) is 0.877. The van der Waals surface area contributed by atoms with E-state index in [1.165, 1.54) is 19.3 Å². The lowest BCUT2D eigenvalue weighted by atomic mass is 9.84. The molecular formula is C15H25N3O. The molecule has 0 aromatic carbocycles. The minimum Gasteiger partial charge on any atom is -0.397 e. The first kappa shape index (κ1) is 14.0. The Bertz CT molecular complexity index is 431. The standard InChI is InChI=1S/C15H25N3O/c1-3-11-5-7-13(8-6-11)17-15(19)14-9-12(16)10-18(14)4-2/h9-11,13H,3-8,16H2,1-2H3,(H,17,19). The zero-order valence-electron chi connectivity index (χ0n) is 12.0. The Morgan fingerprint density at radius 2 is 2.05 bits per heavy atom. The number of carbonyl (C=O) groups is 1. The molecule has 0 bridgehead atoms. The molecule has 0 unspecified atom stereocenters. The second-order valence-electron chi connectivity index (χ2n) is 5.54. The predicted molar refractivity (Wildman–Crippen MR) is 78.0 cm³/mol. The van der Waals surface area contributed by atoms with Gasteiger partial charge in [0.05, 0.1) is 5.69 Å². The van der Waals surface area contributed by atoms with Crippen molar-refractivity contribution in [3.8, 4) is 0 Å². The van der Waals surface area contributed by atoms with Gasteiger partial charge in [-0.1, -0.05) is 13.3 Å². The lowest BCUT2D eigenvalue weighted by Crippen LogP contribution is -2.38. The SMILES string of the molecule is CCC1CCC(NC(=O)c2cc(N)cn2CC)CC1. The van der Waals surface area contributed by atoms with Gasteiger partial charge in [0, 0.05) is 18.8 Å². The Labute approximate surface area is 115 Å². The summed E-state index contributed by atoms with van der Waals surface area (Å²) >= 11 is 0. The fraction of sp³-hybridized carbons (Fsp3) is 0.667. The van der Waals surface area contributed by atoms with Gasteiger partial charge in [0.1, 0.15) is 5.69 Å². The van der Waals surface area contributed by atoms with Crippen LogP contribution in [0.3, 0.4) is 0 Å². The normalized spacial score (nSPS) is 23.3. The number of rotatable bonds is 4. The van der Waals surface area contributed by atoms with Crippen molar-refractivity contribution >= 4 is 11.6 Å². The van der Waals surface area contributed by atoms with E-state index in [1.54, 1.807) is 6.07 Å². The summed E-state index contributed by atoms with van der Waals surface area (Å²) in [6.45, 7) is 5.03. The first-order valence-electron chi connectivity index (χ1n) is 7.40. The molecule has 4 nitrogen and oxygen atoms in total. The number of hydrogen-bond acceptors (Lipinski definition) is 2. The first-order chi connectivity index (χ1) is 9.13. The monoisotopic (exact) mass is 263 g/mol. The van der Waals surface area contributed by atoms with Crippen LogP contribution in [0.25, 0.3) is 0 Å².